The summed E-state index contributed by atoms with van der Waals surface area (Å²) in [5.41, 5.74) is 5.30. The first-order valence-corrected chi connectivity index (χ1v) is 11.8. The van der Waals surface area contributed by atoms with Crippen LogP contribution < -0.4 is 5.56 Å². The Hall–Kier alpha value is -2.87. The fourth-order valence-corrected chi connectivity index (χ4v) is 4.80. The molecule has 1 saturated heterocycles. The van der Waals surface area contributed by atoms with E-state index >= 15 is 0 Å². The second-order valence-electron chi connectivity index (χ2n) is 8.25. The molecule has 2 aromatic heterocycles. The largest absolute Gasteiger partial charge is 0.379 e. The molecule has 0 aliphatic carbocycles. The average Bonchev–Trinajstić information content (AvgIpc) is 3.28. The Morgan fingerprint density at radius 1 is 1.00 bits per heavy atom. The SMILES string of the molecule is Cc1ccc(-c2csc(Cn3c(CN4CCOCC4)nc4ccccc4c3=O)n2)cc1C. The third-order valence-electron chi connectivity index (χ3n) is 6.06. The van der Waals surface area contributed by atoms with Crippen LogP contribution in [-0.2, 0) is 17.8 Å². The monoisotopic (exact) mass is 446 g/mol. The van der Waals surface area contributed by atoms with Crippen LogP contribution >= 0.6 is 11.3 Å². The van der Waals surface area contributed by atoms with E-state index in [2.05, 4.69) is 42.3 Å². The van der Waals surface area contributed by atoms with Crippen molar-refractivity contribution in [1.29, 1.82) is 0 Å². The molecule has 7 heteroatoms. The minimum atomic E-state index is -0.0122. The number of aryl methyl sites for hydroxylation is 2. The van der Waals surface area contributed by atoms with Crippen LogP contribution in [0.25, 0.3) is 22.2 Å². The molecule has 0 bridgehead atoms. The molecule has 0 atom stereocenters. The number of aromatic nitrogens is 3. The zero-order valence-electron chi connectivity index (χ0n) is 18.4. The number of ether oxygens (including phenoxy) is 1. The summed E-state index contributed by atoms with van der Waals surface area (Å²) in [5.74, 6) is 0.776. The van der Waals surface area contributed by atoms with E-state index in [1.165, 1.54) is 11.1 Å². The first-order valence-electron chi connectivity index (χ1n) is 10.9. The molecule has 164 valence electrons. The highest BCUT2D eigenvalue weighted by Gasteiger charge is 2.18. The van der Waals surface area contributed by atoms with Crippen LogP contribution in [-0.4, -0.2) is 45.7 Å². The first-order chi connectivity index (χ1) is 15.6. The summed E-state index contributed by atoms with van der Waals surface area (Å²) in [6, 6.07) is 14.0. The van der Waals surface area contributed by atoms with Crippen LogP contribution in [0.2, 0.25) is 0 Å². The summed E-state index contributed by atoms with van der Waals surface area (Å²) in [7, 11) is 0. The second-order valence-corrected chi connectivity index (χ2v) is 9.19. The second kappa shape index (κ2) is 8.94. The normalized spacial score (nSPS) is 14.8. The van der Waals surface area contributed by atoms with Gasteiger partial charge in [0, 0.05) is 24.0 Å². The quantitative estimate of drug-likeness (QED) is 0.463. The van der Waals surface area contributed by atoms with Gasteiger partial charge in [0.1, 0.15) is 10.8 Å². The van der Waals surface area contributed by atoms with Crippen molar-refractivity contribution in [2.24, 2.45) is 0 Å². The van der Waals surface area contributed by atoms with Crippen molar-refractivity contribution in [1.82, 2.24) is 19.4 Å². The Labute approximate surface area is 191 Å². The smallest absolute Gasteiger partial charge is 0.261 e. The predicted molar refractivity (Wildman–Crippen MR) is 128 cm³/mol. The molecule has 0 spiro atoms. The molecular formula is C25H26N4O2S. The molecule has 0 saturated carbocycles. The minimum Gasteiger partial charge on any atom is -0.379 e. The number of hydrogen-bond donors (Lipinski definition) is 0. The molecule has 0 N–H and O–H groups in total. The summed E-state index contributed by atoms with van der Waals surface area (Å²) in [6.07, 6.45) is 0. The molecule has 1 aliphatic heterocycles. The Morgan fingerprint density at radius 2 is 1.81 bits per heavy atom. The van der Waals surface area contributed by atoms with Crippen LogP contribution in [0.15, 0.2) is 52.6 Å². The Bertz CT molecular complexity index is 1320. The lowest BCUT2D eigenvalue weighted by Gasteiger charge is -2.27. The molecule has 1 aliphatic rings. The van der Waals surface area contributed by atoms with Crippen molar-refractivity contribution in [3.8, 4) is 11.3 Å². The van der Waals surface area contributed by atoms with Gasteiger partial charge >= 0.3 is 0 Å². The fourth-order valence-electron chi connectivity index (χ4n) is 4.01. The summed E-state index contributed by atoms with van der Waals surface area (Å²) in [4.78, 5) is 25.4. The van der Waals surface area contributed by atoms with Gasteiger partial charge in [0.25, 0.3) is 5.56 Å². The van der Waals surface area contributed by atoms with Gasteiger partial charge in [0.05, 0.1) is 42.9 Å². The van der Waals surface area contributed by atoms with E-state index in [1.807, 2.05) is 24.3 Å². The van der Waals surface area contributed by atoms with Crippen molar-refractivity contribution in [3.63, 3.8) is 0 Å². The summed E-state index contributed by atoms with van der Waals surface area (Å²) in [5, 5.41) is 3.62. The lowest BCUT2D eigenvalue weighted by Crippen LogP contribution is -2.38. The maximum atomic E-state index is 13.4. The molecule has 2 aromatic carbocycles. The fraction of sp³-hybridized carbons (Fsp3) is 0.320. The van der Waals surface area contributed by atoms with E-state index in [9.17, 15) is 4.79 Å². The molecule has 0 radical (unpaired) electrons. The maximum Gasteiger partial charge on any atom is 0.261 e. The lowest BCUT2D eigenvalue weighted by molar-refractivity contribution is 0.0325. The number of nitrogens with zero attached hydrogens (tertiary/aromatic N) is 4. The number of hydrogen-bond acceptors (Lipinski definition) is 6. The molecule has 6 nitrogen and oxygen atoms in total. The summed E-state index contributed by atoms with van der Waals surface area (Å²) < 4.78 is 7.27. The van der Waals surface area contributed by atoms with Crippen molar-refractivity contribution in [3.05, 3.63) is 80.2 Å². The number of benzene rings is 2. The molecule has 4 aromatic rings. The van der Waals surface area contributed by atoms with E-state index in [1.54, 1.807) is 15.9 Å². The molecule has 0 amide bonds. The third kappa shape index (κ3) is 4.24. The molecular weight excluding hydrogens is 420 g/mol. The first kappa shape index (κ1) is 21.0. The number of para-hydroxylation sites is 1. The van der Waals surface area contributed by atoms with Gasteiger partial charge < -0.3 is 4.74 Å². The zero-order chi connectivity index (χ0) is 22.1. The van der Waals surface area contributed by atoms with Crippen LogP contribution in [0.3, 0.4) is 0 Å². The zero-order valence-corrected chi connectivity index (χ0v) is 19.2. The number of rotatable bonds is 5. The average molecular weight is 447 g/mol. The highest BCUT2D eigenvalue weighted by atomic mass is 32.1. The van der Waals surface area contributed by atoms with Gasteiger partial charge in [-0.1, -0.05) is 24.3 Å². The minimum absolute atomic E-state index is 0.0122. The van der Waals surface area contributed by atoms with Gasteiger partial charge in [-0.05, 0) is 43.2 Å². The van der Waals surface area contributed by atoms with Gasteiger partial charge in [-0.3, -0.25) is 14.3 Å². The van der Waals surface area contributed by atoms with Crippen molar-refractivity contribution in [2.75, 3.05) is 26.3 Å². The van der Waals surface area contributed by atoms with E-state index in [-0.39, 0.29) is 5.56 Å². The van der Waals surface area contributed by atoms with Crippen molar-refractivity contribution in [2.45, 2.75) is 26.9 Å². The number of thiazole rings is 1. The standard InChI is InChI=1S/C25H26N4O2S/c1-17-7-8-19(13-18(17)2)22-16-32-24(27-22)15-29-23(14-28-9-11-31-12-10-28)26-21-6-4-3-5-20(21)25(29)30/h3-8,13,16H,9-12,14-15H2,1-2H3. The van der Waals surface area contributed by atoms with Gasteiger partial charge in [0.2, 0.25) is 0 Å². The molecule has 32 heavy (non-hydrogen) atoms. The summed E-state index contributed by atoms with van der Waals surface area (Å²) in [6.45, 7) is 8.39. The van der Waals surface area contributed by atoms with Crippen LogP contribution in [0.5, 0.6) is 0 Å². The Kier molecular flexibility index (Phi) is 5.87. The van der Waals surface area contributed by atoms with Crippen LogP contribution in [0.4, 0.5) is 0 Å². The van der Waals surface area contributed by atoms with Crippen LogP contribution in [0, 0.1) is 13.8 Å². The third-order valence-corrected chi connectivity index (χ3v) is 6.89. The Morgan fingerprint density at radius 3 is 2.62 bits per heavy atom. The van der Waals surface area contributed by atoms with Gasteiger partial charge in [-0.2, -0.15) is 0 Å². The number of fused-ring (bicyclic) bond motifs is 1. The van der Waals surface area contributed by atoms with E-state index in [0.717, 1.165) is 40.7 Å². The number of morpholine rings is 1. The van der Waals surface area contributed by atoms with Crippen molar-refractivity contribution >= 4 is 22.2 Å². The lowest BCUT2D eigenvalue weighted by atomic mass is 10.1. The highest BCUT2D eigenvalue weighted by Crippen LogP contribution is 2.25. The maximum absolute atomic E-state index is 13.4. The van der Waals surface area contributed by atoms with Gasteiger partial charge in [-0.25, -0.2) is 9.97 Å². The Balaban J connectivity index is 1.50. The van der Waals surface area contributed by atoms with Gasteiger partial charge in [0.15, 0.2) is 0 Å². The molecule has 3 heterocycles. The van der Waals surface area contributed by atoms with E-state index < -0.39 is 0 Å². The predicted octanol–water partition coefficient (Wildman–Crippen LogP) is 4.02. The molecule has 5 rings (SSSR count). The van der Waals surface area contributed by atoms with E-state index in [0.29, 0.717) is 31.7 Å². The summed E-state index contributed by atoms with van der Waals surface area (Å²) >= 11 is 1.59. The topological polar surface area (TPSA) is 60.2 Å². The van der Waals surface area contributed by atoms with Crippen molar-refractivity contribution < 1.29 is 4.74 Å². The molecule has 0 unspecified atom stereocenters. The van der Waals surface area contributed by atoms with Gasteiger partial charge in [-0.15, -0.1) is 11.3 Å². The molecule has 1 fully saturated rings. The highest BCUT2D eigenvalue weighted by molar-refractivity contribution is 7.09. The van der Waals surface area contributed by atoms with Crippen LogP contribution in [0.1, 0.15) is 22.0 Å². The van der Waals surface area contributed by atoms with E-state index in [4.69, 9.17) is 14.7 Å².